The van der Waals surface area contributed by atoms with Crippen molar-refractivity contribution in [1.82, 2.24) is 19.6 Å². The number of amides is 3. The Morgan fingerprint density at radius 3 is 2.74 bits per heavy atom. The van der Waals surface area contributed by atoms with E-state index in [1.807, 2.05) is 49.1 Å². The smallest absolute Gasteiger partial charge is 0.273 e. The molecule has 2 aliphatic heterocycles. The van der Waals surface area contributed by atoms with Crippen LogP contribution < -0.4 is 5.32 Å². The molecule has 38 heavy (non-hydrogen) atoms. The number of benzene rings is 2. The molecular weight excluding hydrogens is 504 g/mol. The molecule has 0 radical (unpaired) electrons. The first-order chi connectivity index (χ1) is 18.2. The van der Waals surface area contributed by atoms with E-state index < -0.39 is 0 Å². The topological polar surface area (TPSA) is 111 Å². The van der Waals surface area contributed by atoms with Gasteiger partial charge in [0, 0.05) is 42.7 Å². The summed E-state index contributed by atoms with van der Waals surface area (Å²) in [5, 5.41) is 17.1. The Labute approximate surface area is 225 Å². The number of nitrogens with one attached hydrogen (secondary N) is 1. The Morgan fingerprint density at radius 2 is 2.00 bits per heavy atom. The number of carbonyl (C=O) groups is 3. The molecule has 2 aliphatic rings. The molecule has 5 rings (SSSR count). The maximum absolute atomic E-state index is 13.8. The van der Waals surface area contributed by atoms with Crippen molar-refractivity contribution in [3.05, 3.63) is 81.1 Å². The van der Waals surface area contributed by atoms with Crippen LogP contribution in [-0.4, -0.2) is 49.9 Å². The third kappa shape index (κ3) is 4.52. The van der Waals surface area contributed by atoms with Crippen LogP contribution in [0.15, 0.2) is 42.5 Å². The quantitative estimate of drug-likeness (QED) is 0.544. The lowest BCUT2D eigenvalue weighted by Gasteiger charge is -2.35. The lowest BCUT2D eigenvalue weighted by atomic mass is 9.97. The van der Waals surface area contributed by atoms with Gasteiger partial charge in [-0.2, -0.15) is 10.4 Å². The molecule has 0 aliphatic carbocycles. The fourth-order valence-corrected chi connectivity index (χ4v) is 5.41. The number of nitrogens with zero attached hydrogens (tertiary/aromatic N) is 5. The van der Waals surface area contributed by atoms with Gasteiger partial charge in [0.2, 0.25) is 5.91 Å². The summed E-state index contributed by atoms with van der Waals surface area (Å²) >= 11 is 6.06. The van der Waals surface area contributed by atoms with Gasteiger partial charge in [-0.25, -0.2) is 0 Å². The number of hydrogen-bond donors (Lipinski definition) is 1. The lowest BCUT2D eigenvalue weighted by molar-refractivity contribution is -0.114. The molecule has 9 nitrogen and oxygen atoms in total. The second-order valence-corrected chi connectivity index (χ2v) is 10.2. The first kappa shape index (κ1) is 25.5. The van der Waals surface area contributed by atoms with Crippen molar-refractivity contribution in [2.24, 2.45) is 0 Å². The van der Waals surface area contributed by atoms with Crippen LogP contribution in [0.2, 0.25) is 5.02 Å². The summed E-state index contributed by atoms with van der Waals surface area (Å²) in [6.45, 7) is 6.68. The Bertz CT molecular complexity index is 1510. The second-order valence-electron chi connectivity index (χ2n) is 9.77. The number of nitriles is 1. The largest absolute Gasteiger partial charge is 0.331 e. The summed E-state index contributed by atoms with van der Waals surface area (Å²) < 4.78 is 1.76. The molecule has 2 aromatic carbocycles. The number of rotatable bonds is 4. The van der Waals surface area contributed by atoms with Crippen LogP contribution in [0.4, 0.5) is 5.69 Å². The Hall–Kier alpha value is -4.16. The Kier molecular flexibility index (Phi) is 6.67. The predicted molar refractivity (Wildman–Crippen MR) is 142 cm³/mol. The van der Waals surface area contributed by atoms with Crippen LogP contribution in [0.1, 0.15) is 70.0 Å². The molecule has 10 heteroatoms. The zero-order valence-electron chi connectivity index (χ0n) is 21.4. The molecular formula is C28H27ClN6O3. The van der Waals surface area contributed by atoms with Gasteiger partial charge in [0.1, 0.15) is 11.8 Å². The number of halogens is 1. The number of anilines is 1. The molecule has 3 aromatic rings. The minimum atomic E-state index is -0.228. The number of hydrogen-bond acceptors (Lipinski definition) is 5. The van der Waals surface area contributed by atoms with Crippen LogP contribution in [-0.2, 0) is 24.3 Å². The van der Waals surface area contributed by atoms with Gasteiger partial charge in [0.25, 0.3) is 11.8 Å². The molecule has 1 aromatic heterocycles. The highest BCUT2D eigenvalue weighted by atomic mass is 35.5. The summed E-state index contributed by atoms with van der Waals surface area (Å²) in [6.07, 6.45) is 0.529. The third-order valence-corrected chi connectivity index (χ3v) is 7.58. The SMILES string of the molecule is CC(=O)Nc1cccc(C(C)N2CCn3nc4c(c3C2=O)CN(C(=O)c2ccc(Cl)c(C#N)c2)[C@H](C)C4)c1. The van der Waals surface area contributed by atoms with Crippen molar-refractivity contribution in [2.75, 3.05) is 11.9 Å². The zero-order chi connectivity index (χ0) is 27.1. The van der Waals surface area contributed by atoms with E-state index in [1.165, 1.54) is 13.0 Å². The van der Waals surface area contributed by atoms with Crippen LogP contribution in [0.3, 0.4) is 0 Å². The van der Waals surface area contributed by atoms with E-state index in [4.69, 9.17) is 16.7 Å². The summed E-state index contributed by atoms with van der Waals surface area (Å²) in [7, 11) is 0. The predicted octanol–water partition coefficient (Wildman–Crippen LogP) is 4.17. The monoisotopic (exact) mass is 530 g/mol. The van der Waals surface area contributed by atoms with E-state index in [2.05, 4.69) is 5.32 Å². The normalized spacial score (nSPS) is 17.3. The maximum Gasteiger partial charge on any atom is 0.273 e. The van der Waals surface area contributed by atoms with Crippen LogP contribution in [0, 0.1) is 11.3 Å². The van der Waals surface area contributed by atoms with E-state index in [9.17, 15) is 19.6 Å². The van der Waals surface area contributed by atoms with Gasteiger partial charge < -0.3 is 15.1 Å². The van der Waals surface area contributed by atoms with Crippen molar-refractivity contribution >= 4 is 35.0 Å². The Balaban J connectivity index is 1.42. The fourth-order valence-electron chi connectivity index (χ4n) is 5.25. The van der Waals surface area contributed by atoms with Crippen molar-refractivity contribution in [3.8, 4) is 6.07 Å². The van der Waals surface area contributed by atoms with Crippen LogP contribution in [0.25, 0.3) is 0 Å². The Morgan fingerprint density at radius 1 is 1.21 bits per heavy atom. The molecule has 0 bridgehead atoms. The molecule has 1 N–H and O–H groups in total. The lowest BCUT2D eigenvalue weighted by Crippen LogP contribution is -2.44. The molecule has 1 unspecified atom stereocenters. The van der Waals surface area contributed by atoms with Gasteiger partial charge in [-0.05, 0) is 49.7 Å². The van der Waals surface area contributed by atoms with Crippen LogP contribution in [0.5, 0.6) is 0 Å². The van der Waals surface area contributed by atoms with E-state index in [1.54, 1.807) is 21.7 Å². The van der Waals surface area contributed by atoms with Gasteiger partial charge in [0.15, 0.2) is 0 Å². The van der Waals surface area contributed by atoms with Gasteiger partial charge in [-0.3, -0.25) is 19.1 Å². The van der Waals surface area contributed by atoms with Gasteiger partial charge in [-0.1, -0.05) is 23.7 Å². The molecule has 0 fully saturated rings. The van der Waals surface area contributed by atoms with Crippen molar-refractivity contribution in [1.29, 1.82) is 5.26 Å². The second kappa shape index (κ2) is 9.95. The minimum Gasteiger partial charge on any atom is -0.331 e. The number of fused-ring (bicyclic) bond motifs is 3. The van der Waals surface area contributed by atoms with Gasteiger partial charge in [-0.15, -0.1) is 0 Å². The highest BCUT2D eigenvalue weighted by Crippen LogP contribution is 2.33. The van der Waals surface area contributed by atoms with Gasteiger partial charge in [0.05, 0.1) is 35.4 Å². The summed E-state index contributed by atoms with van der Waals surface area (Å²) in [5.41, 5.74) is 4.32. The standard InChI is InChI=1S/C28H27ClN6O3/c1-16-11-25-23(15-34(16)27(37)20-7-8-24(29)21(12-20)14-30)26-28(38)33(9-10-35(26)32-25)17(2)19-5-4-6-22(13-19)31-18(3)36/h4-8,12-13,16-17H,9-11,15H2,1-3H3,(H,31,36)/t16-,17?/m1/s1. The molecule has 0 saturated heterocycles. The van der Waals surface area contributed by atoms with Gasteiger partial charge >= 0.3 is 0 Å². The fraction of sp³-hybridized carbons (Fsp3) is 0.321. The summed E-state index contributed by atoms with van der Waals surface area (Å²) in [4.78, 5) is 42.3. The first-order valence-electron chi connectivity index (χ1n) is 12.5. The van der Waals surface area contributed by atoms with E-state index in [0.717, 1.165) is 16.8 Å². The molecule has 3 heterocycles. The van der Waals surface area contributed by atoms with E-state index in [-0.39, 0.29) is 41.9 Å². The average molecular weight is 531 g/mol. The van der Waals surface area contributed by atoms with Crippen molar-refractivity contribution < 1.29 is 14.4 Å². The highest BCUT2D eigenvalue weighted by molar-refractivity contribution is 6.31. The number of aromatic nitrogens is 2. The summed E-state index contributed by atoms with van der Waals surface area (Å²) in [6, 6.07) is 13.8. The molecule has 3 amide bonds. The molecule has 0 spiro atoms. The van der Waals surface area contributed by atoms with E-state index in [0.29, 0.717) is 41.5 Å². The third-order valence-electron chi connectivity index (χ3n) is 7.25. The van der Waals surface area contributed by atoms with Crippen molar-refractivity contribution in [2.45, 2.75) is 52.4 Å². The first-order valence-corrected chi connectivity index (χ1v) is 12.8. The summed E-state index contributed by atoms with van der Waals surface area (Å²) in [5.74, 6) is -0.516. The maximum atomic E-state index is 13.8. The minimum absolute atomic E-state index is 0.130. The zero-order valence-corrected chi connectivity index (χ0v) is 22.1. The molecule has 2 atom stereocenters. The highest BCUT2D eigenvalue weighted by Gasteiger charge is 2.38. The van der Waals surface area contributed by atoms with E-state index >= 15 is 0 Å². The molecule has 194 valence electrons. The number of carbonyl (C=O) groups excluding carboxylic acids is 3. The average Bonchev–Trinajstić information content (AvgIpc) is 3.25. The van der Waals surface area contributed by atoms with Crippen LogP contribution >= 0.6 is 11.6 Å². The van der Waals surface area contributed by atoms with Crippen molar-refractivity contribution in [3.63, 3.8) is 0 Å². The molecule has 0 saturated carbocycles.